The Bertz CT molecular complexity index is 799. The first-order valence-corrected chi connectivity index (χ1v) is 10.2. The van der Waals surface area contributed by atoms with Crippen LogP contribution in [0.3, 0.4) is 0 Å². The molecule has 2 fully saturated rings. The number of aryl methyl sites for hydroxylation is 1. The molecule has 2 bridgehead atoms. The minimum absolute atomic E-state index is 0.0565. The second-order valence-electron chi connectivity index (χ2n) is 8.43. The van der Waals surface area contributed by atoms with Gasteiger partial charge in [-0.1, -0.05) is 44.0 Å². The van der Waals surface area contributed by atoms with Crippen LogP contribution >= 0.6 is 0 Å². The topological polar surface area (TPSA) is 75.9 Å². The number of ether oxygens (including phenoxy) is 1. The van der Waals surface area contributed by atoms with Gasteiger partial charge < -0.3 is 19.1 Å². The predicted octanol–water partition coefficient (Wildman–Crippen LogP) is 2.16. The number of rotatable bonds is 7. The number of carbonyl (C=O) groups excluding carboxylic acids is 2. The second-order valence-corrected chi connectivity index (χ2v) is 8.43. The molecular formula is C21H29N3O4. The van der Waals surface area contributed by atoms with E-state index in [0.717, 1.165) is 25.1 Å². The smallest absolute Gasteiger partial charge is 0.230 e. The van der Waals surface area contributed by atoms with Gasteiger partial charge in [-0.15, -0.1) is 0 Å². The van der Waals surface area contributed by atoms with Crippen molar-refractivity contribution in [2.24, 2.45) is 17.8 Å². The van der Waals surface area contributed by atoms with Gasteiger partial charge >= 0.3 is 0 Å². The lowest BCUT2D eigenvalue weighted by atomic mass is 9.76. The highest BCUT2D eigenvalue weighted by atomic mass is 16.5. The van der Waals surface area contributed by atoms with Crippen LogP contribution in [0.25, 0.3) is 0 Å². The van der Waals surface area contributed by atoms with Crippen LogP contribution in [-0.2, 0) is 20.9 Å². The van der Waals surface area contributed by atoms with Crippen LogP contribution in [0.2, 0.25) is 0 Å². The van der Waals surface area contributed by atoms with Gasteiger partial charge in [-0.3, -0.25) is 9.59 Å². The molecule has 0 aliphatic carbocycles. The molecule has 4 heterocycles. The molecule has 1 aromatic rings. The van der Waals surface area contributed by atoms with Crippen molar-refractivity contribution in [3.05, 3.63) is 29.7 Å². The van der Waals surface area contributed by atoms with E-state index in [-0.39, 0.29) is 17.9 Å². The van der Waals surface area contributed by atoms with Gasteiger partial charge in [0.05, 0.1) is 36.7 Å². The minimum Gasteiger partial charge on any atom is -0.360 e. The van der Waals surface area contributed by atoms with Gasteiger partial charge in [0.1, 0.15) is 5.60 Å². The van der Waals surface area contributed by atoms with Gasteiger partial charge in [0.25, 0.3) is 0 Å². The first kappa shape index (κ1) is 19.2. The molecule has 4 atom stereocenters. The average molecular weight is 387 g/mol. The fourth-order valence-electron chi connectivity index (χ4n) is 4.93. The Hall–Kier alpha value is -2.15. The summed E-state index contributed by atoms with van der Waals surface area (Å²) in [6, 6.07) is 1.82. The third-order valence-electron chi connectivity index (χ3n) is 6.54. The first-order valence-electron chi connectivity index (χ1n) is 10.2. The lowest BCUT2D eigenvalue weighted by molar-refractivity contribution is -0.143. The monoisotopic (exact) mass is 387 g/mol. The molecule has 0 N–H and O–H groups in total. The van der Waals surface area contributed by atoms with Gasteiger partial charge in [0.2, 0.25) is 11.8 Å². The molecule has 7 nitrogen and oxygen atoms in total. The number of hydrogen-bond acceptors (Lipinski definition) is 5. The summed E-state index contributed by atoms with van der Waals surface area (Å²) >= 11 is 0. The van der Waals surface area contributed by atoms with Crippen LogP contribution in [0, 0.1) is 24.7 Å². The van der Waals surface area contributed by atoms with Crippen molar-refractivity contribution in [2.45, 2.75) is 51.9 Å². The van der Waals surface area contributed by atoms with Crippen LogP contribution in [0.1, 0.15) is 38.1 Å². The highest BCUT2D eigenvalue weighted by molar-refractivity contribution is 5.93. The Morgan fingerprint density at radius 1 is 1.43 bits per heavy atom. The lowest BCUT2D eigenvalue weighted by Crippen LogP contribution is -2.44. The highest BCUT2D eigenvalue weighted by Crippen LogP contribution is 2.52. The zero-order valence-electron chi connectivity index (χ0n) is 17.1. The Morgan fingerprint density at radius 3 is 2.82 bits per heavy atom. The van der Waals surface area contributed by atoms with Gasteiger partial charge in [-0.2, -0.15) is 0 Å². The van der Waals surface area contributed by atoms with Crippen molar-refractivity contribution in [1.29, 1.82) is 0 Å². The number of amides is 2. The molecule has 0 radical (unpaired) electrons. The molecule has 4 rings (SSSR count). The molecule has 2 unspecified atom stereocenters. The van der Waals surface area contributed by atoms with E-state index < -0.39 is 17.4 Å². The second kappa shape index (κ2) is 7.03. The summed E-state index contributed by atoms with van der Waals surface area (Å²) in [5.74, 6) is 0.193. The Balaban J connectivity index is 1.52. The van der Waals surface area contributed by atoms with Crippen LogP contribution in [-0.4, -0.2) is 58.6 Å². The minimum atomic E-state index is -0.641. The number of hydrogen-bond donors (Lipinski definition) is 0. The summed E-state index contributed by atoms with van der Waals surface area (Å²) in [5, 5.41) is 3.87. The summed E-state index contributed by atoms with van der Waals surface area (Å²) in [6.07, 6.45) is 5.73. The number of aromatic nitrogens is 1. The lowest BCUT2D eigenvalue weighted by Gasteiger charge is -2.27. The summed E-state index contributed by atoms with van der Waals surface area (Å²) < 4.78 is 11.5. The van der Waals surface area contributed by atoms with Gasteiger partial charge in [0.15, 0.2) is 5.76 Å². The Labute approximate surface area is 165 Å². The molecule has 2 amide bonds. The zero-order chi connectivity index (χ0) is 20.1. The molecule has 3 aliphatic heterocycles. The van der Waals surface area contributed by atoms with E-state index in [2.05, 4.69) is 19.0 Å². The molecule has 2 saturated heterocycles. The number of carbonyl (C=O) groups is 2. The summed E-state index contributed by atoms with van der Waals surface area (Å²) in [5.41, 5.74) is 0.140. The van der Waals surface area contributed by atoms with E-state index in [1.54, 1.807) is 11.9 Å². The normalized spacial score (nSPS) is 30.5. The highest BCUT2D eigenvalue weighted by Gasteiger charge is 2.67. The summed E-state index contributed by atoms with van der Waals surface area (Å²) in [6.45, 7) is 7.77. The standard InChI is InChI=1S/C21H29N3O4/c1-5-14(6-2)10-24-12-21-8-7-16(27-21)17(18(21)20(24)26)19(25)23(4)11-15-9-13(3)22-28-15/h7-9,14,16-18H,5-6,10-12H2,1-4H3/t16-,17?,18?,21-/m0/s1. The van der Waals surface area contributed by atoms with Crippen molar-refractivity contribution >= 4 is 11.8 Å². The number of nitrogens with zero attached hydrogens (tertiary/aromatic N) is 3. The molecule has 0 aromatic carbocycles. The van der Waals surface area contributed by atoms with Crippen LogP contribution in [0.15, 0.2) is 22.7 Å². The van der Waals surface area contributed by atoms with Crippen LogP contribution in [0.4, 0.5) is 0 Å². The SMILES string of the molecule is CCC(CC)CN1C[C@]23C=C[C@H](O2)C(C(=O)N(C)Cc2cc(C)no2)C3C1=O. The predicted molar refractivity (Wildman–Crippen MR) is 102 cm³/mol. The first-order chi connectivity index (χ1) is 13.4. The van der Waals surface area contributed by atoms with Gasteiger partial charge in [0, 0.05) is 19.7 Å². The largest absolute Gasteiger partial charge is 0.360 e. The molecule has 7 heteroatoms. The maximum Gasteiger partial charge on any atom is 0.230 e. The van der Waals surface area contributed by atoms with Crippen molar-refractivity contribution < 1.29 is 18.8 Å². The van der Waals surface area contributed by atoms with Crippen molar-refractivity contribution in [3.8, 4) is 0 Å². The van der Waals surface area contributed by atoms with E-state index in [4.69, 9.17) is 9.26 Å². The molecular weight excluding hydrogens is 358 g/mol. The quantitative estimate of drug-likeness (QED) is 0.670. The van der Waals surface area contributed by atoms with E-state index in [0.29, 0.717) is 24.8 Å². The zero-order valence-corrected chi connectivity index (χ0v) is 17.1. The third-order valence-corrected chi connectivity index (χ3v) is 6.54. The fourth-order valence-corrected chi connectivity index (χ4v) is 4.93. The molecule has 3 aliphatic rings. The molecule has 1 spiro atoms. The average Bonchev–Trinajstić information content (AvgIpc) is 3.41. The van der Waals surface area contributed by atoms with E-state index in [9.17, 15) is 9.59 Å². The Kier molecular flexibility index (Phi) is 4.81. The molecule has 152 valence electrons. The van der Waals surface area contributed by atoms with Crippen molar-refractivity contribution in [1.82, 2.24) is 15.0 Å². The summed E-state index contributed by atoms with van der Waals surface area (Å²) in [4.78, 5) is 30.0. The molecule has 0 saturated carbocycles. The van der Waals surface area contributed by atoms with Crippen LogP contribution < -0.4 is 0 Å². The fraction of sp³-hybridized carbons (Fsp3) is 0.667. The summed E-state index contributed by atoms with van der Waals surface area (Å²) in [7, 11) is 1.74. The Morgan fingerprint density at radius 2 is 2.18 bits per heavy atom. The van der Waals surface area contributed by atoms with E-state index >= 15 is 0 Å². The maximum absolute atomic E-state index is 13.3. The van der Waals surface area contributed by atoms with Crippen molar-refractivity contribution in [2.75, 3.05) is 20.1 Å². The molecule has 1 aromatic heterocycles. The number of likely N-dealkylation sites (tertiary alicyclic amines) is 1. The van der Waals surface area contributed by atoms with Crippen LogP contribution in [0.5, 0.6) is 0 Å². The molecule has 28 heavy (non-hydrogen) atoms. The van der Waals surface area contributed by atoms with Crippen molar-refractivity contribution in [3.63, 3.8) is 0 Å². The third kappa shape index (κ3) is 2.96. The van der Waals surface area contributed by atoms with Gasteiger partial charge in [-0.25, -0.2) is 0 Å². The van der Waals surface area contributed by atoms with Gasteiger partial charge in [-0.05, 0) is 12.8 Å². The maximum atomic E-state index is 13.3. The number of fused-ring (bicyclic) bond motifs is 1. The van der Waals surface area contributed by atoms with E-state index in [1.807, 2.05) is 30.0 Å². The van der Waals surface area contributed by atoms with E-state index in [1.165, 1.54) is 0 Å².